The first-order valence-electron chi connectivity index (χ1n) is 6.39. The molecular formula is C13H22O2. The fraction of sp³-hybridized carbons (Fsp3) is 0.846. The third kappa shape index (κ3) is 2.97. The van der Waals surface area contributed by atoms with Crippen molar-refractivity contribution in [3.05, 3.63) is 11.8 Å². The lowest BCUT2D eigenvalue weighted by atomic mass is 9.92. The predicted molar refractivity (Wildman–Crippen MR) is 60.5 cm³/mol. The third-order valence-electron chi connectivity index (χ3n) is 3.60. The highest BCUT2D eigenvalue weighted by molar-refractivity contribution is 5.04. The van der Waals surface area contributed by atoms with Gasteiger partial charge in [-0.05, 0) is 37.7 Å². The Morgan fingerprint density at radius 3 is 2.47 bits per heavy atom. The molecule has 0 radical (unpaired) electrons. The van der Waals surface area contributed by atoms with Gasteiger partial charge in [0.05, 0.1) is 6.61 Å². The normalized spacial score (nSPS) is 26.3. The maximum atomic E-state index is 10.2. The van der Waals surface area contributed by atoms with Crippen molar-refractivity contribution < 1.29 is 9.84 Å². The first-order valence-corrected chi connectivity index (χ1v) is 6.39. The molecule has 15 heavy (non-hydrogen) atoms. The monoisotopic (exact) mass is 210 g/mol. The molecule has 1 saturated carbocycles. The van der Waals surface area contributed by atoms with Gasteiger partial charge in [-0.15, -0.1) is 0 Å². The summed E-state index contributed by atoms with van der Waals surface area (Å²) in [7, 11) is 0. The zero-order valence-corrected chi connectivity index (χ0v) is 9.45. The van der Waals surface area contributed by atoms with Gasteiger partial charge in [-0.2, -0.15) is 0 Å². The summed E-state index contributed by atoms with van der Waals surface area (Å²) in [5, 5.41) is 10.2. The fourth-order valence-electron chi connectivity index (χ4n) is 2.64. The average Bonchev–Trinajstić information content (AvgIpc) is 2.58. The van der Waals surface area contributed by atoms with Crippen LogP contribution in [0.2, 0.25) is 0 Å². The highest BCUT2D eigenvalue weighted by atomic mass is 16.5. The smallest absolute Gasteiger partial charge is 0.121 e. The number of aliphatic hydroxyl groups is 1. The second-order valence-electron chi connectivity index (χ2n) is 4.79. The lowest BCUT2D eigenvalue weighted by Crippen LogP contribution is -2.25. The van der Waals surface area contributed by atoms with Gasteiger partial charge >= 0.3 is 0 Å². The molecule has 1 aliphatic carbocycles. The van der Waals surface area contributed by atoms with Crippen molar-refractivity contribution in [2.45, 2.75) is 57.5 Å². The number of aliphatic hydroxyl groups excluding tert-OH is 1. The molecule has 2 nitrogen and oxygen atoms in total. The summed E-state index contributed by atoms with van der Waals surface area (Å²) in [4.78, 5) is 0. The van der Waals surface area contributed by atoms with Gasteiger partial charge in [0.1, 0.15) is 11.9 Å². The van der Waals surface area contributed by atoms with Crippen molar-refractivity contribution in [1.82, 2.24) is 0 Å². The van der Waals surface area contributed by atoms with Crippen LogP contribution in [0.1, 0.15) is 51.4 Å². The van der Waals surface area contributed by atoms with Gasteiger partial charge in [-0.25, -0.2) is 0 Å². The Morgan fingerprint density at radius 1 is 1.13 bits per heavy atom. The molecule has 1 atom stereocenters. The van der Waals surface area contributed by atoms with Crippen molar-refractivity contribution in [1.29, 1.82) is 0 Å². The van der Waals surface area contributed by atoms with Crippen LogP contribution in [0, 0.1) is 5.92 Å². The summed E-state index contributed by atoms with van der Waals surface area (Å²) >= 11 is 0. The van der Waals surface area contributed by atoms with E-state index < -0.39 is 0 Å². The molecule has 2 rings (SSSR count). The van der Waals surface area contributed by atoms with Crippen LogP contribution in [0.4, 0.5) is 0 Å². The van der Waals surface area contributed by atoms with E-state index in [1.54, 1.807) is 0 Å². The fourth-order valence-corrected chi connectivity index (χ4v) is 2.64. The standard InChI is InChI=1S/C13H22O2/c14-13(12-9-5-6-10-15-12)11-7-3-1-2-4-8-11/h9,11,13-14H,1-8,10H2. The molecule has 86 valence electrons. The summed E-state index contributed by atoms with van der Waals surface area (Å²) in [6.07, 6.45) is 11.5. The highest BCUT2D eigenvalue weighted by Crippen LogP contribution is 2.30. The van der Waals surface area contributed by atoms with Crippen molar-refractivity contribution in [3.63, 3.8) is 0 Å². The maximum absolute atomic E-state index is 10.2. The van der Waals surface area contributed by atoms with Gasteiger partial charge in [0.25, 0.3) is 0 Å². The Bertz CT molecular complexity index is 215. The summed E-state index contributed by atoms with van der Waals surface area (Å²) in [6, 6.07) is 0. The Kier molecular flexibility index (Phi) is 4.07. The Balaban J connectivity index is 1.92. The molecule has 1 unspecified atom stereocenters. The van der Waals surface area contributed by atoms with E-state index >= 15 is 0 Å². The number of hydrogen-bond donors (Lipinski definition) is 1. The second kappa shape index (κ2) is 5.55. The number of hydrogen-bond acceptors (Lipinski definition) is 2. The molecule has 1 fully saturated rings. The Hall–Kier alpha value is -0.500. The predicted octanol–water partition coefficient (Wildman–Crippen LogP) is 3.01. The topological polar surface area (TPSA) is 29.5 Å². The van der Waals surface area contributed by atoms with Gasteiger partial charge < -0.3 is 9.84 Å². The number of rotatable bonds is 2. The maximum Gasteiger partial charge on any atom is 0.121 e. The molecular weight excluding hydrogens is 188 g/mol. The molecule has 0 amide bonds. The minimum absolute atomic E-state index is 0.330. The number of allylic oxidation sites excluding steroid dienone is 1. The number of ether oxygens (including phenoxy) is 1. The van der Waals surface area contributed by atoms with Crippen LogP contribution >= 0.6 is 0 Å². The van der Waals surface area contributed by atoms with Crippen LogP contribution in [0.5, 0.6) is 0 Å². The van der Waals surface area contributed by atoms with Crippen LogP contribution in [-0.2, 0) is 4.74 Å². The SMILES string of the molecule is OC(C1=CCCCO1)C1CCCCCC1. The van der Waals surface area contributed by atoms with E-state index in [9.17, 15) is 5.11 Å². The molecule has 1 heterocycles. The Labute approximate surface area is 92.3 Å². The van der Waals surface area contributed by atoms with Crippen LogP contribution in [-0.4, -0.2) is 17.8 Å². The van der Waals surface area contributed by atoms with Crippen molar-refractivity contribution in [3.8, 4) is 0 Å². The van der Waals surface area contributed by atoms with Gasteiger partial charge in [-0.1, -0.05) is 25.7 Å². The van der Waals surface area contributed by atoms with Gasteiger partial charge in [0.2, 0.25) is 0 Å². The zero-order valence-electron chi connectivity index (χ0n) is 9.45. The molecule has 0 bridgehead atoms. The quantitative estimate of drug-likeness (QED) is 0.710. The third-order valence-corrected chi connectivity index (χ3v) is 3.60. The first-order chi connectivity index (χ1) is 7.38. The summed E-state index contributed by atoms with van der Waals surface area (Å²) in [5.41, 5.74) is 0. The van der Waals surface area contributed by atoms with Crippen LogP contribution in [0.15, 0.2) is 11.8 Å². The molecule has 2 heteroatoms. The van der Waals surface area contributed by atoms with E-state index in [0.717, 1.165) is 25.2 Å². The first kappa shape index (κ1) is 11.0. The van der Waals surface area contributed by atoms with Crippen molar-refractivity contribution in [2.75, 3.05) is 6.61 Å². The summed E-state index contributed by atoms with van der Waals surface area (Å²) in [5.74, 6) is 1.30. The van der Waals surface area contributed by atoms with Gasteiger partial charge in [0.15, 0.2) is 0 Å². The van der Waals surface area contributed by atoms with Gasteiger partial charge in [-0.3, -0.25) is 0 Å². The minimum atomic E-state index is -0.330. The second-order valence-corrected chi connectivity index (χ2v) is 4.79. The lowest BCUT2D eigenvalue weighted by Gasteiger charge is -2.26. The molecule has 0 aromatic rings. The molecule has 0 spiro atoms. The molecule has 1 aliphatic heterocycles. The largest absolute Gasteiger partial charge is 0.495 e. The molecule has 0 aromatic carbocycles. The molecule has 2 aliphatic rings. The van der Waals surface area contributed by atoms with Crippen LogP contribution < -0.4 is 0 Å². The van der Waals surface area contributed by atoms with E-state index in [-0.39, 0.29) is 6.10 Å². The van der Waals surface area contributed by atoms with Crippen LogP contribution in [0.25, 0.3) is 0 Å². The van der Waals surface area contributed by atoms with E-state index in [4.69, 9.17) is 4.74 Å². The highest BCUT2D eigenvalue weighted by Gasteiger charge is 2.25. The van der Waals surface area contributed by atoms with E-state index in [0.29, 0.717) is 5.92 Å². The van der Waals surface area contributed by atoms with Gasteiger partial charge in [0, 0.05) is 0 Å². The van der Waals surface area contributed by atoms with E-state index in [1.807, 2.05) is 0 Å². The summed E-state index contributed by atoms with van der Waals surface area (Å²) in [6.45, 7) is 0.787. The van der Waals surface area contributed by atoms with E-state index in [2.05, 4.69) is 6.08 Å². The van der Waals surface area contributed by atoms with Crippen LogP contribution in [0.3, 0.4) is 0 Å². The zero-order chi connectivity index (χ0) is 10.5. The Morgan fingerprint density at radius 2 is 1.87 bits per heavy atom. The van der Waals surface area contributed by atoms with E-state index in [1.165, 1.54) is 38.5 Å². The van der Waals surface area contributed by atoms with Crippen molar-refractivity contribution >= 4 is 0 Å². The molecule has 0 aromatic heterocycles. The lowest BCUT2D eigenvalue weighted by molar-refractivity contribution is 0.0499. The van der Waals surface area contributed by atoms with Crippen molar-refractivity contribution in [2.24, 2.45) is 5.92 Å². The minimum Gasteiger partial charge on any atom is -0.495 e. The molecule has 0 saturated heterocycles. The average molecular weight is 210 g/mol. The molecule has 1 N–H and O–H groups in total. The summed E-state index contributed by atoms with van der Waals surface area (Å²) < 4.78 is 5.54.